The molecule has 0 atom stereocenters. The Hall–Kier alpha value is -7.04. The predicted octanol–water partition coefficient (Wildman–Crippen LogP) is 14.2. The van der Waals surface area contributed by atoms with E-state index in [0.29, 0.717) is 0 Å². The maximum Gasteiger partial charge on any atom is 0.145 e. The summed E-state index contributed by atoms with van der Waals surface area (Å²) in [7, 11) is 0. The maximum absolute atomic E-state index is 6.78. The molecule has 0 saturated carbocycles. The second kappa shape index (κ2) is 11.2. The van der Waals surface area contributed by atoms with Gasteiger partial charge in [-0.25, -0.2) is 0 Å². The summed E-state index contributed by atoms with van der Waals surface area (Å²) in [5.74, 6) is 0. The first-order valence-corrected chi connectivity index (χ1v) is 17.5. The molecule has 244 valence electrons. The van der Waals surface area contributed by atoms with Crippen molar-refractivity contribution in [3.8, 4) is 22.3 Å². The minimum atomic E-state index is 0.824. The fraction of sp³-hybridized carbons (Fsp3) is 0. The summed E-state index contributed by atoms with van der Waals surface area (Å²) in [6.45, 7) is 0. The first-order valence-electron chi connectivity index (χ1n) is 17.5. The summed E-state index contributed by atoms with van der Waals surface area (Å²) in [6, 6.07) is 61.2. The van der Waals surface area contributed by atoms with Crippen molar-refractivity contribution in [2.75, 3.05) is 4.90 Å². The van der Waals surface area contributed by atoms with Gasteiger partial charge in [0.15, 0.2) is 0 Å². The van der Waals surface area contributed by atoms with Crippen LogP contribution >= 0.6 is 0 Å². The molecular formula is C48H29NO3. The van der Waals surface area contributed by atoms with Crippen molar-refractivity contribution in [1.29, 1.82) is 0 Å². The van der Waals surface area contributed by atoms with Crippen LogP contribution in [0.3, 0.4) is 0 Å². The molecule has 0 aliphatic heterocycles. The van der Waals surface area contributed by atoms with E-state index in [1.807, 2.05) is 24.3 Å². The molecule has 0 fully saturated rings. The van der Waals surface area contributed by atoms with Crippen LogP contribution in [0.1, 0.15) is 0 Å². The third kappa shape index (κ3) is 4.28. The molecule has 0 saturated heterocycles. The summed E-state index contributed by atoms with van der Waals surface area (Å²) < 4.78 is 19.7. The largest absolute Gasteiger partial charge is 0.456 e. The highest BCUT2D eigenvalue weighted by Gasteiger charge is 2.26. The second-order valence-electron chi connectivity index (χ2n) is 13.2. The Morgan fingerprint density at radius 3 is 1.69 bits per heavy atom. The SMILES string of the molecule is c1ccc(-c2ccc(N(c3ccc4oc5ccccc5c4c3)c3cccc4oc5cccc(-c6ccccc6)c5c34)c3c2oc2ccccc23)cc1. The molecule has 52 heavy (non-hydrogen) atoms. The van der Waals surface area contributed by atoms with E-state index in [-0.39, 0.29) is 0 Å². The van der Waals surface area contributed by atoms with Gasteiger partial charge < -0.3 is 18.2 Å². The van der Waals surface area contributed by atoms with Crippen LogP contribution in [0.15, 0.2) is 189 Å². The molecule has 3 aromatic heterocycles. The lowest BCUT2D eigenvalue weighted by Crippen LogP contribution is -2.11. The smallest absolute Gasteiger partial charge is 0.145 e. The Labute approximate surface area is 298 Å². The number of hydrogen-bond donors (Lipinski definition) is 0. The van der Waals surface area contributed by atoms with E-state index < -0.39 is 0 Å². The number of anilines is 3. The van der Waals surface area contributed by atoms with Crippen molar-refractivity contribution in [3.05, 3.63) is 176 Å². The quantitative estimate of drug-likeness (QED) is 0.183. The van der Waals surface area contributed by atoms with Gasteiger partial charge in [-0.2, -0.15) is 0 Å². The highest BCUT2D eigenvalue weighted by molar-refractivity contribution is 6.22. The van der Waals surface area contributed by atoms with Crippen molar-refractivity contribution >= 4 is 82.9 Å². The molecule has 0 N–H and O–H groups in total. The van der Waals surface area contributed by atoms with E-state index >= 15 is 0 Å². The molecule has 4 heteroatoms. The first-order chi connectivity index (χ1) is 25.8. The second-order valence-corrected chi connectivity index (χ2v) is 13.2. The van der Waals surface area contributed by atoms with Gasteiger partial charge in [-0.05, 0) is 77.4 Å². The Bertz CT molecular complexity index is 3130. The van der Waals surface area contributed by atoms with Crippen molar-refractivity contribution < 1.29 is 13.3 Å². The first kappa shape index (κ1) is 28.8. The van der Waals surface area contributed by atoms with Gasteiger partial charge in [-0.15, -0.1) is 0 Å². The summed E-state index contributed by atoms with van der Waals surface area (Å²) in [6.07, 6.45) is 0. The summed E-state index contributed by atoms with van der Waals surface area (Å²) in [5.41, 5.74) is 12.5. The van der Waals surface area contributed by atoms with E-state index in [2.05, 4.69) is 157 Å². The van der Waals surface area contributed by atoms with Gasteiger partial charge in [-0.1, -0.05) is 115 Å². The lowest BCUT2D eigenvalue weighted by atomic mass is 9.97. The van der Waals surface area contributed by atoms with Crippen molar-refractivity contribution in [2.45, 2.75) is 0 Å². The Morgan fingerprint density at radius 1 is 0.327 bits per heavy atom. The number of rotatable bonds is 5. The zero-order valence-corrected chi connectivity index (χ0v) is 27.9. The minimum Gasteiger partial charge on any atom is -0.456 e. The Morgan fingerprint density at radius 2 is 0.904 bits per heavy atom. The molecule has 11 rings (SSSR count). The lowest BCUT2D eigenvalue weighted by Gasteiger charge is -2.27. The van der Waals surface area contributed by atoms with Crippen LogP contribution in [0.4, 0.5) is 17.1 Å². The van der Waals surface area contributed by atoms with E-state index in [9.17, 15) is 0 Å². The van der Waals surface area contributed by atoms with Crippen molar-refractivity contribution in [3.63, 3.8) is 0 Å². The zero-order chi connectivity index (χ0) is 34.2. The number of hydrogen-bond acceptors (Lipinski definition) is 4. The molecule has 4 nitrogen and oxygen atoms in total. The van der Waals surface area contributed by atoms with Crippen molar-refractivity contribution in [2.24, 2.45) is 0 Å². The molecule has 3 heterocycles. The molecule has 0 aliphatic rings. The molecule has 8 aromatic carbocycles. The average Bonchev–Trinajstić information content (AvgIpc) is 3.90. The third-order valence-electron chi connectivity index (χ3n) is 10.3. The molecule has 0 amide bonds. The zero-order valence-electron chi connectivity index (χ0n) is 27.9. The van der Waals surface area contributed by atoms with Gasteiger partial charge in [-0.3, -0.25) is 0 Å². The van der Waals surface area contributed by atoms with Gasteiger partial charge in [0, 0.05) is 32.8 Å². The monoisotopic (exact) mass is 667 g/mol. The van der Waals surface area contributed by atoms with Crippen LogP contribution < -0.4 is 4.90 Å². The fourth-order valence-corrected chi connectivity index (χ4v) is 8.00. The van der Waals surface area contributed by atoms with Crippen LogP contribution in [0.2, 0.25) is 0 Å². The van der Waals surface area contributed by atoms with Gasteiger partial charge in [0.05, 0.1) is 22.1 Å². The van der Waals surface area contributed by atoms with Crippen molar-refractivity contribution in [1.82, 2.24) is 0 Å². The van der Waals surface area contributed by atoms with E-state index in [1.165, 1.54) is 0 Å². The third-order valence-corrected chi connectivity index (χ3v) is 10.3. The Balaban J connectivity index is 1.28. The highest BCUT2D eigenvalue weighted by Crippen LogP contribution is 2.50. The lowest BCUT2D eigenvalue weighted by molar-refractivity contribution is 0.668. The molecule has 0 radical (unpaired) electrons. The van der Waals surface area contributed by atoms with Crippen LogP contribution in [-0.4, -0.2) is 0 Å². The van der Waals surface area contributed by atoms with E-state index in [4.69, 9.17) is 13.3 Å². The highest BCUT2D eigenvalue weighted by atomic mass is 16.3. The van der Waals surface area contributed by atoms with Crippen LogP contribution in [0.5, 0.6) is 0 Å². The minimum absolute atomic E-state index is 0.824. The molecule has 11 aromatic rings. The fourth-order valence-electron chi connectivity index (χ4n) is 8.00. The average molecular weight is 668 g/mol. The molecule has 0 bridgehead atoms. The normalized spacial score (nSPS) is 11.8. The standard InChI is InChI=1S/C48H29NO3/c1-3-13-30(14-4-1)33-19-11-23-43-46(33)47-38(20-12-24-44(47)51-43)49(32-25-28-42-37(29-32)35-17-7-9-21-40(35)50-42)39-27-26-34(31-15-5-2-6-16-31)48-45(39)36-18-8-10-22-41(36)52-48/h1-29H. The number of nitrogens with zero attached hydrogens (tertiary/aromatic N) is 1. The van der Waals surface area contributed by atoms with Crippen LogP contribution in [0, 0.1) is 0 Å². The summed E-state index contributed by atoms with van der Waals surface area (Å²) >= 11 is 0. The Kier molecular flexibility index (Phi) is 6.22. The van der Waals surface area contributed by atoms with Gasteiger partial charge >= 0.3 is 0 Å². The van der Waals surface area contributed by atoms with E-state index in [0.717, 1.165) is 105 Å². The topological polar surface area (TPSA) is 42.7 Å². The molecule has 0 aliphatic carbocycles. The van der Waals surface area contributed by atoms with Gasteiger partial charge in [0.2, 0.25) is 0 Å². The maximum atomic E-state index is 6.78. The van der Waals surface area contributed by atoms with Gasteiger partial charge in [0.1, 0.15) is 33.5 Å². The molecule has 0 unspecified atom stereocenters. The molecular weight excluding hydrogens is 639 g/mol. The molecule has 0 spiro atoms. The van der Waals surface area contributed by atoms with Crippen LogP contribution in [0.25, 0.3) is 88.1 Å². The predicted molar refractivity (Wildman–Crippen MR) is 214 cm³/mol. The number of para-hydroxylation sites is 2. The number of fused-ring (bicyclic) bond motifs is 9. The van der Waals surface area contributed by atoms with E-state index in [1.54, 1.807) is 0 Å². The van der Waals surface area contributed by atoms with Gasteiger partial charge in [0.25, 0.3) is 0 Å². The summed E-state index contributed by atoms with van der Waals surface area (Å²) in [5, 5.41) is 6.36. The number of furan rings is 3. The number of benzene rings is 8. The van der Waals surface area contributed by atoms with Crippen LogP contribution in [-0.2, 0) is 0 Å². The summed E-state index contributed by atoms with van der Waals surface area (Å²) in [4.78, 5) is 2.37.